The lowest BCUT2D eigenvalue weighted by Gasteiger charge is -2.15. The van der Waals surface area contributed by atoms with E-state index in [1.54, 1.807) is 200 Å². The van der Waals surface area contributed by atoms with Crippen molar-refractivity contribution in [2.45, 2.75) is 47.5 Å². The number of carbonyl (C=O) groups excluding carboxylic acids is 8. The van der Waals surface area contributed by atoms with Gasteiger partial charge in [-0.2, -0.15) is 0 Å². The van der Waals surface area contributed by atoms with E-state index in [2.05, 4.69) is 57.1 Å². The maximum atomic E-state index is 14.7. The van der Waals surface area contributed by atoms with Gasteiger partial charge in [-0.3, -0.25) is 60.0 Å². The van der Waals surface area contributed by atoms with Crippen LogP contribution in [0.5, 0.6) is 11.5 Å². The molecule has 4 amide bonds. The molecule has 26 nitrogen and oxygen atoms in total. The van der Waals surface area contributed by atoms with Crippen LogP contribution in [0.25, 0.3) is 0 Å². The van der Waals surface area contributed by atoms with Crippen molar-refractivity contribution in [2.75, 3.05) is 91.9 Å². The number of pyridine rings is 4. The number of methoxy groups -OCH3 is 2. The molecule has 8 N–H and O–H groups in total. The number of amidine groups is 4. The molecule has 34 heteroatoms. The molecule has 131 heavy (non-hydrogen) atoms. The standard InChI is InChI=1S/C24H23BrN4O2.C24H22Cl2N4O3.C24H22ClFN4O3.C23H19Cl2FN4O2.2CH4/c1-15-4-5-18(20(12-15)24(31)28-22-11-10-19(25)14-27-22)13-21(30)16-6-8-17(9-7-16)23(26)29(2)3;1-30(2)23(27)15-6-4-14(5-7-15)20(31)12-18-19(10-17(26)11-21(18)33-3)24(32)29-22-9-8-16(25)13-28-22;1-30(2)23(27)15-5-8-18(20(26)10-15)21(31)11-14-4-7-17(33-3)12-19(14)24(32)29-22-9-6-16(25)13-28-22;1-30(2)22(27)14-4-7-17(19(26)9-14)20(31)10-13-3-5-15(24)11-18(13)23(32)29-21-8-6-16(25)12-28-21;;/h4-12,14,26H,13H2,1-3H3,(H,27,28,31);4-11,13,27H,12H2,1-3H3,(H,28,29,32);4-10,12-13,27H,11H2,1-3H3,(H,28,29,32);3-9,11-12,27H,10H2,1-2H3,(H,28,29,32);2*1H4. The van der Waals surface area contributed by atoms with Gasteiger partial charge in [0.2, 0.25) is 0 Å². The van der Waals surface area contributed by atoms with Crippen LogP contribution in [-0.4, -0.2) is 180 Å². The molecule has 0 unspecified atom stereocenters. The number of aromatic nitrogens is 4. The Hall–Kier alpha value is -13.8. The second-order valence-electron chi connectivity index (χ2n) is 29.3. The summed E-state index contributed by atoms with van der Waals surface area (Å²) < 4.78 is 40.7. The SMILES string of the molecule is C.C.CN(C)C(=N)c1ccc(C(=O)Cc2ccc(Cl)cc2C(=O)Nc2ccc(Cl)cn2)c(F)c1.COc1cc(Cl)cc(C(=O)Nc2ccc(Cl)cn2)c1CC(=O)c1ccc(C(=N)N(C)C)cc1.COc1ccc(CC(=O)c2ccc(C(=N)N(C)C)cc2F)c(C(=O)Nc2ccc(Cl)cn2)c1.Cc1ccc(CC(=O)c2ccc(C(=N)N(C)C)cc2)c(C(=O)Nc2ccc(Br)cn2)c1. The second kappa shape index (κ2) is 48.6. The van der Waals surface area contributed by atoms with Crippen LogP contribution >= 0.6 is 73.9 Å². The van der Waals surface area contributed by atoms with E-state index in [0.29, 0.717) is 116 Å². The lowest BCUT2D eigenvalue weighted by atomic mass is 9.96. The molecule has 0 spiro atoms. The van der Waals surface area contributed by atoms with Gasteiger partial charge in [0.15, 0.2) is 23.1 Å². The van der Waals surface area contributed by atoms with Gasteiger partial charge in [0, 0.05) is 183 Å². The minimum absolute atomic E-state index is 0. The van der Waals surface area contributed by atoms with Crippen LogP contribution in [0.3, 0.4) is 0 Å². The average molecular weight is 1940 g/mol. The third-order valence-corrected chi connectivity index (χ3v) is 20.7. The van der Waals surface area contributed by atoms with Gasteiger partial charge in [0.25, 0.3) is 23.6 Å². The highest BCUT2D eigenvalue weighted by molar-refractivity contribution is 9.10. The number of ketones is 4. The van der Waals surface area contributed by atoms with Crippen molar-refractivity contribution in [1.29, 1.82) is 21.6 Å². The largest absolute Gasteiger partial charge is 0.497 e. The number of halogens is 8. The predicted octanol–water partition coefficient (Wildman–Crippen LogP) is 20.5. The smallest absolute Gasteiger partial charge is 0.257 e. The highest BCUT2D eigenvalue weighted by atomic mass is 79.9. The molecule has 0 radical (unpaired) electrons. The van der Waals surface area contributed by atoms with E-state index in [4.69, 9.17) is 89.1 Å². The fourth-order valence-corrected chi connectivity index (χ4v) is 13.2. The van der Waals surface area contributed by atoms with Gasteiger partial charge >= 0.3 is 0 Å². The molecule has 0 fully saturated rings. The summed E-state index contributed by atoms with van der Waals surface area (Å²) in [4.78, 5) is 126. The minimum Gasteiger partial charge on any atom is -0.497 e. The van der Waals surface area contributed by atoms with E-state index < -0.39 is 40.9 Å². The van der Waals surface area contributed by atoms with Crippen molar-refractivity contribution in [3.8, 4) is 11.5 Å². The molecule has 0 saturated heterocycles. The van der Waals surface area contributed by atoms with Gasteiger partial charge in [-0.15, -0.1) is 0 Å². The summed E-state index contributed by atoms with van der Waals surface area (Å²) in [6.07, 6.45) is 5.41. The van der Waals surface area contributed by atoms with Crippen LogP contribution in [0.4, 0.5) is 32.1 Å². The number of Topliss-reactive ketones (excluding diaryl/α,β-unsaturated/α-hetero) is 4. The summed E-state index contributed by atoms with van der Waals surface area (Å²) in [6, 6.07) is 52.5. The van der Waals surface area contributed by atoms with E-state index in [-0.39, 0.29) is 109 Å². The fourth-order valence-electron chi connectivity index (χ4n) is 12.2. The number of aryl methyl sites for hydroxylation is 1. The van der Waals surface area contributed by atoms with Crippen LogP contribution in [0.1, 0.15) is 148 Å². The van der Waals surface area contributed by atoms with Crippen LogP contribution < -0.4 is 30.7 Å². The van der Waals surface area contributed by atoms with Gasteiger partial charge in [0.05, 0.1) is 40.4 Å². The summed E-state index contributed by atoms with van der Waals surface area (Å²) >= 11 is 33.0. The number of benzene rings is 8. The molecule has 0 atom stereocenters. The van der Waals surface area contributed by atoms with E-state index in [9.17, 15) is 47.1 Å². The molecule has 0 aliphatic rings. The van der Waals surface area contributed by atoms with Crippen LogP contribution in [-0.2, 0) is 25.7 Å². The van der Waals surface area contributed by atoms with Crippen LogP contribution in [0, 0.1) is 40.2 Å². The molecule has 678 valence electrons. The normalized spacial score (nSPS) is 10.3. The quantitative estimate of drug-likeness (QED) is 0.0142. The number of nitrogens with one attached hydrogen (secondary N) is 8. The first kappa shape index (κ1) is 104. The van der Waals surface area contributed by atoms with Crippen molar-refractivity contribution < 1.29 is 56.6 Å². The van der Waals surface area contributed by atoms with E-state index >= 15 is 0 Å². The lowest BCUT2D eigenvalue weighted by Crippen LogP contribution is -2.22. The highest BCUT2D eigenvalue weighted by Gasteiger charge is 2.26. The Kier molecular flexibility index (Phi) is 38.6. The Morgan fingerprint density at radius 2 is 0.672 bits per heavy atom. The Bertz CT molecular complexity index is 6240. The van der Waals surface area contributed by atoms with Crippen molar-refractivity contribution in [2.24, 2.45) is 0 Å². The first-order valence-electron chi connectivity index (χ1n) is 38.9. The topological polar surface area (TPSA) is 363 Å². The summed E-state index contributed by atoms with van der Waals surface area (Å²) in [5, 5.41) is 44.6. The van der Waals surface area contributed by atoms with Gasteiger partial charge in [-0.05, 0) is 155 Å². The first-order valence-corrected chi connectivity index (χ1v) is 41.6. The number of ether oxygens (including phenoxy) is 2. The number of anilines is 4. The third kappa shape index (κ3) is 29.4. The maximum Gasteiger partial charge on any atom is 0.257 e. The number of hydrogen-bond donors (Lipinski definition) is 8. The Morgan fingerprint density at radius 1 is 0.344 bits per heavy atom. The predicted molar refractivity (Wildman–Crippen MR) is 518 cm³/mol. The van der Waals surface area contributed by atoms with Gasteiger partial charge in [0.1, 0.15) is 69.7 Å². The molecule has 12 rings (SSSR count). The second-order valence-corrected chi connectivity index (χ2v) is 32.4. The van der Waals surface area contributed by atoms with Crippen LogP contribution in [0.2, 0.25) is 25.1 Å². The summed E-state index contributed by atoms with van der Waals surface area (Å²) in [7, 11) is 16.8. The zero-order valence-electron chi connectivity index (χ0n) is 71.4. The minimum atomic E-state index is -0.732. The Morgan fingerprint density at radius 3 is 1.05 bits per heavy atom. The molecule has 0 aliphatic heterocycles. The average Bonchev–Trinajstić information content (AvgIpc) is 0.807. The lowest BCUT2D eigenvalue weighted by molar-refractivity contribution is 0.0976. The number of amides is 4. The molecular formula is C97H94BrCl5F2N16O10. The van der Waals surface area contributed by atoms with Crippen molar-refractivity contribution >= 4 is 167 Å². The molecule has 0 bridgehead atoms. The van der Waals surface area contributed by atoms with Crippen LogP contribution in [0.15, 0.2) is 229 Å². The van der Waals surface area contributed by atoms with Gasteiger partial charge in [-0.25, -0.2) is 28.7 Å². The maximum absolute atomic E-state index is 14.7. The van der Waals surface area contributed by atoms with E-state index in [1.165, 1.54) is 91.1 Å². The zero-order chi connectivity index (χ0) is 94.2. The molecule has 12 aromatic rings. The molecule has 8 aromatic carbocycles. The van der Waals surface area contributed by atoms with Gasteiger partial charge in [-0.1, -0.05) is 163 Å². The number of rotatable bonds is 26. The Balaban J connectivity index is 0.000000238. The molecule has 4 heterocycles. The Labute approximate surface area is 791 Å². The van der Waals surface area contributed by atoms with Crippen molar-refractivity contribution in [1.82, 2.24) is 39.5 Å². The van der Waals surface area contributed by atoms with E-state index in [1.807, 2.05) is 19.1 Å². The molecule has 0 aliphatic carbocycles. The summed E-state index contributed by atoms with van der Waals surface area (Å²) in [5.41, 5.74) is 6.68. The first-order chi connectivity index (χ1) is 61.3. The monoisotopic (exact) mass is 1930 g/mol. The third-order valence-electron chi connectivity index (χ3n) is 19.1. The highest BCUT2D eigenvalue weighted by Crippen LogP contribution is 2.32. The van der Waals surface area contributed by atoms with Gasteiger partial charge < -0.3 is 50.3 Å². The number of hydrogen-bond acceptors (Lipinski definition) is 18. The molecule has 4 aromatic heterocycles. The van der Waals surface area contributed by atoms with E-state index in [0.717, 1.165) is 27.7 Å². The molecular weight excluding hydrogens is 1840 g/mol. The molecule has 0 saturated carbocycles. The zero-order valence-corrected chi connectivity index (χ0v) is 76.7. The number of carbonyl (C=O) groups is 8. The van der Waals surface area contributed by atoms with Crippen molar-refractivity contribution in [3.05, 3.63) is 361 Å². The summed E-state index contributed by atoms with van der Waals surface area (Å²) in [5.74, 6) is -1.56. The summed E-state index contributed by atoms with van der Waals surface area (Å²) in [6.45, 7) is 1.90. The fraction of sp³-hybridized carbons (Fsp3) is 0.175. The number of nitrogens with zero attached hydrogens (tertiary/aromatic N) is 8. The van der Waals surface area contributed by atoms with Crippen molar-refractivity contribution in [3.63, 3.8) is 0 Å².